The highest BCUT2D eigenvalue weighted by Crippen LogP contribution is 2.34. The lowest BCUT2D eigenvalue weighted by Crippen LogP contribution is -2.40. The van der Waals surface area contributed by atoms with Crippen LogP contribution in [0.15, 0.2) is 53.7 Å². The summed E-state index contributed by atoms with van der Waals surface area (Å²) in [5, 5.41) is 10.4. The Balaban J connectivity index is 1.28. The Bertz CT molecular complexity index is 1250. The summed E-state index contributed by atoms with van der Waals surface area (Å²) >= 11 is 3.16. The van der Waals surface area contributed by atoms with E-state index in [1.165, 1.54) is 16.5 Å². The van der Waals surface area contributed by atoms with E-state index in [0.717, 1.165) is 53.7 Å². The highest BCUT2D eigenvalue weighted by molar-refractivity contribution is 7.99. The molecule has 4 aromatic rings. The number of para-hydroxylation sites is 3. The predicted molar refractivity (Wildman–Crippen MR) is 132 cm³/mol. The molecule has 0 radical (unpaired) electrons. The number of hydrogen-bond donors (Lipinski definition) is 0. The lowest BCUT2D eigenvalue weighted by Gasteiger charge is -2.31. The van der Waals surface area contributed by atoms with E-state index in [9.17, 15) is 4.79 Å². The van der Waals surface area contributed by atoms with Crippen molar-refractivity contribution in [3.8, 4) is 11.4 Å². The van der Waals surface area contributed by atoms with E-state index < -0.39 is 0 Å². The SMILES string of the molecule is COc1ccccc1-n1c(C)nnc1SCC(=O)N1CCC[C@H](c2nc3ccccc3s2)C1. The highest BCUT2D eigenvalue weighted by atomic mass is 32.2. The van der Waals surface area contributed by atoms with E-state index in [0.29, 0.717) is 16.8 Å². The number of hydrogen-bond acceptors (Lipinski definition) is 7. The van der Waals surface area contributed by atoms with Gasteiger partial charge in [-0.25, -0.2) is 4.98 Å². The molecule has 0 spiro atoms. The Morgan fingerprint density at radius 2 is 2.00 bits per heavy atom. The van der Waals surface area contributed by atoms with E-state index in [2.05, 4.69) is 22.3 Å². The molecule has 33 heavy (non-hydrogen) atoms. The summed E-state index contributed by atoms with van der Waals surface area (Å²) in [6.45, 7) is 3.41. The molecule has 1 fully saturated rings. The zero-order valence-electron chi connectivity index (χ0n) is 18.6. The first-order valence-corrected chi connectivity index (χ1v) is 12.8. The third kappa shape index (κ3) is 4.47. The van der Waals surface area contributed by atoms with Gasteiger partial charge in [0.05, 0.1) is 33.8 Å². The van der Waals surface area contributed by atoms with Gasteiger partial charge in [-0.15, -0.1) is 21.5 Å². The fourth-order valence-corrected chi connectivity index (χ4v) is 6.20. The number of benzene rings is 2. The van der Waals surface area contributed by atoms with Gasteiger partial charge in [-0.1, -0.05) is 36.0 Å². The Hall–Kier alpha value is -2.91. The number of amides is 1. The molecule has 1 saturated heterocycles. The molecule has 2 aromatic carbocycles. The topological polar surface area (TPSA) is 73.1 Å². The molecular formula is C24H25N5O2S2. The van der Waals surface area contributed by atoms with Gasteiger partial charge < -0.3 is 9.64 Å². The highest BCUT2D eigenvalue weighted by Gasteiger charge is 2.27. The van der Waals surface area contributed by atoms with Crippen LogP contribution in [0.4, 0.5) is 0 Å². The fourth-order valence-electron chi connectivity index (χ4n) is 4.22. The minimum absolute atomic E-state index is 0.123. The third-order valence-electron chi connectivity index (χ3n) is 5.88. The molecule has 9 heteroatoms. The molecule has 0 N–H and O–H groups in total. The first-order valence-electron chi connectivity index (χ1n) is 11.0. The number of nitrogens with zero attached hydrogens (tertiary/aromatic N) is 5. The maximum Gasteiger partial charge on any atom is 0.233 e. The number of aromatic nitrogens is 4. The molecule has 1 amide bonds. The number of fused-ring (bicyclic) bond motifs is 1. The normalized spacial score (nSPS) is 16.3. The number of thioether (sulfide) groups is 1. The van der Waals surface area contributed by atoms with Crippen molar-refractivity contribution < 1.29 is 9.53 Å². The van der Waals surface area contributed by atoms with Crippen LogP contribution in [0.3, 0.4) is 0 Å². The maximum absolute atomic E-state index is 13.1. The lowest BCUT2D eigenvalue weighted by molar-refractivity contribution is -0.129. The summed E-state index contributed by atoms with van der Waals surface area (Å²) in [5.41, 5.74) is 1.91. The van der Waals surface area contributed by atoms with Crippen LogP contribution >= 0.6 is 23.1 Å². The molecule has 170 valence electrons. The number of piperidine rings is 1. The molecule has 1 aliphatic rings. The van der Waals surface area contributed by atoms with Crippen molar-refractivity contribution >= 4 is 39.2 Å². The van der Waals surface area contributed by atoms with Gasteiger partial charge in [0, 0.05) is 19.0 Å². The van der Waals surface area contributed by atoms with Gasteiger partial charge in [-0.3, -0.25) is 9.36 Å². The lowest BCUT2D eigenvalue weighted by atomic mass is 9.99. The van der Waals surface area contributed by atoms with Crippen molar-refractivity contribution in [1.29, 1.82) is 0 Å². The van der Waals surface area contributed by atoms with E-state index in [-0.39, 0.29) is 5.91 Å². The molecule has 0 saturated carbocycles. The Morgan fingerprint density at radius 1 is 1.18 bits per heavy atom. The average Bonchev–Trinajstić information content (AvgIpc) is 3.46. The van der Waals surface area contributed by atoms with Crippen molar-refractivity contribution in [2.75, 3.05) is 26.0 Å². The number of likely N-dealkylation sites (tertiary alicyclic amines) is 1. The molecule has 3 heterocycles. The molecule has 2 aromatic heterocycles. The average molecular weight is 480 g/mol. The Labute approximate surface area is 200 Å². The smallest absolute Gasteiger partial charge is 0.233 e. The summed E-state index contributed by atoms with van der Waals surface area (Å²) in [4.78, 5) is 19.9. The van der Waals surface area contributed by atoms with E-state index in [1.807, 2.05) is 52.8 Å². The second-order valence-corrected chi connectivity index (χ2v) is 10.0. The summed E-state index contributed by atoms with van der Waals surface area (Å²) in [6.07, 6.45) is 2.06. The summed E-state index contributed by atoms with van der Waals surface area (Å²) in [7, 11) is 1.65. The molecule has 1 aliphatic heterocycles. The summed E-state index contributed by atoms with van der Waals surface area (Å²) in [6, 6.07) is 16.0. The molecule has 5 rings (SSSR count). The molecule has 0 aliphatic carbocycles. The molecular weight excluding hydrogens is 454 g/mol. The first kappa shape index (κ1) is 21.9. The number of rotatable bonds is 6. The van der Waals surface area contributed by atoms with Crippen molar-refractivity contribution in [3.05, 3.63) is 59.4 Å². The molecule has 0 unspecified atom stereocenters. The van der Waals surface area contributed by atoms with Crippen LogP contribution in [0.2, 0.25) is 0 Å². The van der Waals surface area contributed by atoms with Crippen LogP contribution in [0.25, 0.3) is 15.9 Å². The number of methoxy groups -OCH3 is 1. The van der Waals surface area contributed by atoms with Crippen LogP contribution in [-0.4, -0.2) is 56.5 Å². The number of carbonyl (C=O) groups is 1. The minimum atomic E-state index is 0.123. The van der Waals surface area contributed by atoms with Gasteiger partial charge in [-0.2, -0.15) is 0 Å². The second-order valence-electron chi connectivity index (χ2n) is 8.02. The number of carbonyl (C=O) groups excluding carboxylic acids is 1. The quantitative estimate of drug-likeness (QED) is 0.374. The molecule has 0 bridgehead atoms. The van der Waals surface area contributed by atoms with Crippen LogP contribution < -0.4 is 4.74 Å². The van der Waals surface area contributed by atoms with E-state index >= 15 is 0 Å². The third-order valence-corrected chi connectivity index (χ3v) is 7.99. The van der Waals surface area contributed by atoms with Gasteiger partial charge >= 0.3 is 0 Å². The second kappa shape index (κ2) is 9.52. The largest absolute Gasteiger partial charge is 0.495 e. The zero-order chi connectivity index (χ0) is 22.8. The van der Waals surface area contributed by atoms with E-state index in [4.69, 9.17) is 9.72 Å². The number of ether oxygens (including phenoxy) is 1. The fraction of sp³-hybridized carbons (Fsp3) is 0.333. The monoisotopic (exact) mass is 479 g/mol. The van der Waals surface area contributed by atoms with Gasteiger partial charge in [0.15, 0.2) is 5.16 Å². The van der Waals surface area contributed by atoms with Crippen LogP contribution in [0.1, 0.15) is 29.6 Å². The number of thiazole rings is 1. The van der Waals surface area contributed by atoms with Gasteiger partial charge in [0.2, 0.25) is 5.91 Å². The van der Waals surface area contributed by atoms with Crippen LogP contribution in [0.5, 0.6) is 5.75 Å². The van der Waals surface area contributed by atoms with Gasteiger partial charge in [0.1, 0.15) is 11.6 Å². The summed E-state index contributed by atoms with van der Waals surface area (Å²) in [5.74, 6) is 2.23. The first-order chi connectivity index (χ1) is 16.1. The van der Waals surface area contributed by atoms with Gasteiger partial charge in [0.25, 0.3) is 0 Å². The van der Waals surface area contributed by atoms with Crippen molar-refractivity contribution in [3.63, 3.8) is 0 Å². The van der Waals surface area contributed by atoms with Gasteiger partial charge in [-0.05, 0) is 44.0 Å². The zero-order valence-corrected chi connectivity index (χ0v) is 20.2. The van der Waals surface area contributed by atoms with Crippen molar-refractivity contribution in [2.24, 2.45) is 0 Å². The van der Waals surface area contributed by atoms with Crippen molar-refractivity contribution in [2.45, 2.75) is 30.8 Å². The van der Waals surface area contributed by atoms with Crippen LogP contribution in [0, 0.1) is 6.92 Å². The molecule has 1 atom stereocenters. The van der Waals surface area contributed by atoms with Crippen molar-refractivity contribution in [1.82, 2.24) is 24.6 Å². The maximum atomic E-state index is 13.1. The van der Waals surface area contributed by atoms with E-state index in [1.54, 1.807) is 18.4 Å². The summed E-state index contributed by atoms with van der Waals surface area (Å²) < 4.78 is 8.66. The van der Waals surface area contributed by atoms with Crippen LogP contribution in [-0.2, 0) is 4.79 Å². The standard InChI is InChI=1S/C24H25N5O2S2/c1-16-26-27-24(29(16)19-10-4-5-11-20(19)31-2)32-15-22(30)28-13-7-8-17(14-28)23-25-18-9-3-6-12-21(18)33-23/h3-6,9-12,17H,7-8,13-15H2,1-2H3/t17-/m0/s1. The Kier molecular flexibility index (Phi) is 6.32. The predicted octanol–water partition coefficient (Wildman–Crippen LogP) is 4.69. The molecule has 7 nitrogen and oxygen atoms in total. The number of aryl methyl sites for hydroxylation is 1. The Morgan fingerprint density at radius 3 is 2.85 bits per heavy atom. The minimum Gasteiger partial charge on any atom is -0.495 e.